The molecule has 1 saturated carbocycles. The van der Waals surface area contributed by atoms with E-state index in [1.807, 2.05) is 6.07 Å². The van der Waals surface area contributed by atoms with E-state index in [1.165, 1.54) is 0 Å². The lowest BCUT2D eigenvalue weighted by atomic mass is 9.71. The third kappa shape index (κ3) is 1.87. The molecular weight excluding hydrogens is 164 g/mol. The molecule has 0 spiro atoms. The number of ketones is 1. The van der Waals surface area contributed by atoms with Crippen molar-refractivity contribution in [3.8, 4) is 12.1 Å². The maximum absolute atomic E-state index is 11.5. The zero-order valence-electron chi connectivity index (χ0n) is 7.55. The minimum absolute atomic E-state index is 0.0384. The lowest BCUT2D eigenvalue weighted by molar-refractivity contribution is -0.128. The van der Waals surface area contributed by atoms with Crippen LogP contribution in [-0.4, -0.2) is 5.78 Å². The number of carbonyl (C=O) groups is 1. The summed E-state index contributed by atoms with van der Waals surface area (Å²) in [4.78, 5) is 11.5. The van der Waals surface area contributed by atoms with E-state index < -0.39 is 5.41 Å². The largest absolute Gasteiger partial charge is 0.298 e. The Hall–Kier alpha value is -1.35. The molecule has 68 valence electrons. The molecule has 1 unspecified atom stereocenters. The highest BCUT2D eigenvalue weighted by Crippen LogP contribution is 2.36. The molecule has 1 aliphatic rings. The van der Waals surface area contributed by atoms with Crippen LogP contribution >= 0.6 is 0 Å². The Balaban J connectivity index is 2.73. The Kier molecular flexibility index (Phi) is 3.03. The number of hydrogen-bond donors (Lipinski definition) is 0. The number of hydrogen-bond acceptors (Lipinski definition) is 3. The zero-order valence-corrected chi connectivity index (χ0v) is 7.55. The fraction of sp³-hybridized carbons (Fsp3) is 0.700. The molecule has 0 radical (unpaired) electrons. The van der Waals surface area contributed by atoms with E-state index in [4.69, 9.17) is 10.5 Å². The van der Waals surface area contributed by atoms with Gasteiger partial charge in [-0.3, -0.25) is 4.79 Å². The molecule has 0 aromatic rings. The summed E-state index contributed by atoms with van der Waals surface area (Å²) in [7, 11) is 0. The summed E-state index contributed by atoms with van der Waals surface area (Å²) in [5.41, 5.74) is -0.825. The van der Waals surface area contributed by atoms with Crippen molar-refractivity contribution in [2.75, 3.05) is 0 Å². The summed E-state index contributed by atoms with van der Waals surface area (Å²) in [5.74, 6) is 0.0384. The van der Waals surface area contributed by atoms with Crippen LogP contribution in [0, 0.1) is 28.1 Å². The van der Waals surface area contributed by atoms with E-state index in [9.17, 15) is 4.79 Å². The van der Waals surface area contributed by atoms with Gasteiger partial charge in [-0.05, 0) is 19.3 Å². The Morgan fingerprint density at radius 2 is 2.15 bits per heavy atom. The first-order valence-electron chi connectivity index (χ1n) is 4.57. The highest BCUT2D eigenvalue weighted by Gasteiger charge is 2.39. The van der Waals surface area contributed by atoms with Gasteiger partial charge in [0.2, 0.25) is 0 Å². The fourth-order valence-corrected chi connectivity index (χ4v) is 1.80. The first-order chi connectivity index (χ1) is 6.25. The predicted molar refractivity (Wildman–Crippen MR) is 46.4 cm³/mol. The number of nitriles is 2. The van der Waals surface area contributed by atoms with E-state index in [1.54, 1.807) is 0 Å². The first-order valence-corrected chi connectivity index (χ1v) is 4.57. The molecule has 0 N–H and O–H groups in total. The summed E-state index contributed by atoms with van der Waals surface area (Å²) in [6, 6.07) is 4.09. The lowest BCUT2D eigenvalue weighted by Gasteiger charge is -2.27. The monoisotopic (exact) mass is 176 g/mol. The van der Waals surface area contributed by atoms with Gasteiger partial charge in [-0.2, -0.15) is 10.5 Å². The van der Waals surface area contributed by atoms with Crippen molar-refractivity contribution in [1.29, 1.82) is 10.5 Å². The molecule has 1 atom stereocenters. The lowest BCUT2D eigenvalue weighted by Crippen LogP contribution is -2.32. The number of nitrogens with zero attached hydrogens (tertiary/aromatic N) is 2. The highest BCUT2D eigenvalue weighted by molar-refractivity contribution is 5.88. The van der Waals surface area contributed by atoms with Crippen LogP contribution in [0.15, 0.2) is 0 Å². The van der Waals surface area contributed by atoms with Gasteiger partial charge in [0.1, 0.15) is 5.41 Å². The quantitative estimate of drug-likeness (QED) is 0.645. The fourth-order valence-electron chi connectivity index (χ4n) is 1.80. The molecule has 0 aliphatic heterocycles. The molecule has 0 aromatic carbocycles. The Morgan fingerprint density at radius 3 is 2.69 bits per heavy atom. The molecule has 13 heavy (non-hydrogen) atoms. The van der Waals surface area contributed by atoms with Gasteiger partial charge < -0.3 is 0 Å². The summed E-state index contributed by atoms with van der Waals surface area (Å²) >= 11 is 0. The van der Waals surface area contributed by atoms with Gasteiger partial charge in [0.25, 0.3) is 0 Å². The predicted octanol–water partition coefficient (Wildman–Crippen LogP) is 1.94. The standard InChI is InChI=1S/C10H12N2O/c11-7-3-6-10(8-12)5-2-1-4-9(10)13/h1-6H2. The van der Waals surface area contributed by atoms with Crippen LogP contribution in [-0.2, 0) is 4.79 Å². The molecular formula is C10H12N2O. The van der Waals surface area contributed by atoms with Crippen molar-refractivity contribution in [2.24, 2.45) is 5.41 Å². The van der Waals surface area contributed by atoms with Gasteiger partial charge >= 0.3 is 0 Å². The molecule has 1 aliphatic carbocycles. The Bertz CT molecular complexity index is 284. The maximum atomic E-state index is 11.5. The first kappa shape index (κ1) is 9.74. The average molecular weight is 176 g/mol. The van der Waals surface area contributed by atoms with Crippen molar-refractivity contribution >= 4 is 5.78 Å². The van der Waals surface area contributed by atoms with Gasteiger partial charge in [0.05, 0.1) is 12.1 Å². The average Bonchev–Trinajstić information content (AvgIpc) is 2.17. The summed E-state index contributed by atoms with van der Waals surface area (Å²) in [6.07, 6.45) is 3.71. The molecule has 0 heterocycles. The molecule has 1 rings (SSSR count). The summed E-state index contributed by atoms with van der Waals surface area (Å²) in [5, 5.41) is 17.4. The van der Waals surface area contributed by atoms with Crippen molar-refractivity contribution in [3.05, 3.63) is 0 Å². The highest BCUT2D eigenvalue weighted by atomic mass is 16.1. The van der Waals surface area contributed by atoms with E-state index >= 15 is 0 Å². The summed E-state index contributed by atoms with van der Waals surface area (Å²) in [6.45, 7) is 0. The molecule has 0 saturated heterocycles. The van der Waals surface area contributed by atoms with E-state index in [2.05, 4.69) is 6.07 Å². The van der Waals surface area contributed by atoms with Crippen LogP contribution in [0.5, 0.6) is 0 Å². The van der Waals surface area contributed by atoms with Crippen LogP contribution in [0.4, 0.5) is 0 Å². The molecule has 3 heteroatoms. The molecule has 1 fully saturated rings. The number of Topliss-reactive ketones (excluding diaryl/α,β-unsaturated/α-hetero) is 1. The second-order valence-electron chi connectivity index (χ2n) is 3.48. The minimum atomic E-state index is -0.825. The van der Waals surface area contributed by atoms with Crippen LogP contribution < -0.4 is 0 Å². The van der Waals surface area contributed by atoms with Crippen LogP contribution in [0.3, 0.4) is 0 Å². The Morgan fingerprint density at radius 1 is 1.38 bits per heavy atom. The molecule has 0 aromatic heterocycles. The van der Waals surface area contributed by atoms with E-state index in [0.29, 0.717) is 25.7 Å². The number of carbonyl (C=O) groups excluding carboxylic acids is 1. The smallest absolute Gasteiger partial charge is 0.153 e. The van der Waals surface area contributed by atoms with E-state index in [-0.39, 0.29) is 5.78 Å². The Labute approximate surface area is 78.0 Å². The number of rotatable bonds is 2. The minimum Gasteiger partial charge on any atom is -0.298 e. The SMILES string of the molecule is N#CCCC1(C#N)CCCCC1=O. The van der Waals surface area contributed by atoms with Crippen molar-refractivity contribution in [3.63, 3.8) is 0 Å². The van der Waals surface area contributed by atoms with Gasteiger partial charge in [-0.15, -0.1) is 0 Å². The second-order valence-corrected chi connectivity index (χ2v) is 3.48. The normalized spacial score (nSPS) is 27.7. The topological polar surface area (TPSA) is 64.7 Å². The van der Waals surface area contributed by atoms with Crippen molar-refractivity contribution in [1.82, 2.24) is 0 Å². The van der Waals surface area contributed by atoms with Gasteiger partial charge in [0, 0.05) is 12.8 Å². The van der Waals surface area contributed by atoms with Crippen LogP contribution in [0.2, 0.25) is 0 Å². The maximum Gasteiger partial charge on any atom is 0.153 e. The molecule has 0 amide bonds. The van der Waals surface area contributed by atoms with Crippen molar-refractivity contribution in [2.45, 2.75) is 38.5 Å². The molecule has 3 nitrogen and oxygen atoms in total. The van der Waals surface area contributed by atoms with Crippen molar-refractivity contribution < 1.29 is 4.79 Å². The second kappa shape index (κ2) is 4.05. The third-order valence-corrected chi connectivity index (χ3v) is 2.67. The molecule has 0 bridgehead atoms. The van der Waals surface area contributed by atoms with E-state index in [0.717, 1.165) is 12.8 Å². The van der Waals surface area contributed by atoms with Crippen LogP contribution in [0.1, 0.15) is 38.5 Å². The third-order valence-electron chi connectivity index (χ3n) is 2.67. The van der Waals surface area contributed by atoms with Gasteiger partial charge in [0.15, 0.2) is 5.78 Å². The van der Waals surface area contributed by atoms with Gasteiger partial charge in [-0.1, -0.05) is 6.42 Å². The zero-order chi connectivity index (χ0) is 9.73. The summed E-state index contributed by atoms with van der Waals surface area (Å²) < 4.78 is 0. The van der Waals surface area contributed by atoms with Crippen LogP contribution in [0.25, 0.3) is 0 Å². The van der Waals surface area contributed by atoms with Gasteiger partial charge in [-0.25, -0.2) is 0 Å².